The first-order valence-electron chi connectivity index (χ1n) is 17.1. The van der Waals surface area contributed by atoms with Crippen molar-refractivity contribution in [2.24, 2.45) is 5.92 Å². The number of nitriles is 1. The third kappa shape index (κ3) is 5.26. The standard InChI is InChI=1S/C38H39FN6O4/c1-44-12-5-8-24(44)20-49-38-32-29(37(48)41-11-13-46)19-45(35-23-16-30(35)42-18-23)36(32)28-15-22(7-4-10-40)31(33(39)34(28)43-38)27-17-25(47)14-21-6-2-3-9-26(21)27/h2-3,6,9,14-15,17,19,23-24,30,35,42,46-47H,4-5,7-8,11-13,16,18,20H2,1H3,(H,41,48)/t23?,24-,30?,35?/m0/s1. The van der Waals surface area contributed by atoms with E-state index >= 15 is 4.39 Å². The molecule has 4 N–H and O–H groups in total. The molecule has 4 fully saturated rings. The van der Waals surface area contributed by atoms with Crippen molar-refractivity contribution in [3.8, 4) is 28.8 Å². The number of aromatic hydroxyl groups is 1. The van der Waals surface area contributed by atoms with Gasteiger partial charge in [0.15, 0.2) is 5.82 Å². The fourth-order valence-corrected chi connectivity index (χ4v) is 8.35. The Bertz CT molecular complexity index is 2140. The van der Waals surface area contributed by atoms with Gasteiger partial charge in [0, 0.05) is 48.7 Å². The summed E-state index contributed by atoms with van der Waals surface area (Å²) in [5.41, 5.74) is 2.54. The van der Waals surface area contributed by atoms with Crippen LogP contribution in [-0.4, -0.2) is 82.6 Å². The molecule has 1 aliphatic carbocycles. The van der Waals surface area contributed by atoms with Crippen LogP contribution in [0.2, 0.25) is 0 Å². The van der Waals surface area contributed by atoms with Crippen molar-refractivity contribution in [3.63, 3.8) is 0 Å². The second kappa shape index (κ2) is 12.6. The first-order chi connectivity index (χ1) is 23.9. The monoisotopic (exact) mass is 662 g/mol. The molecule has 3 unspecified atom stereocenters. The van der Waals surface area contributed by atoms with E-state index in [-0.39, 0.29) is 72.7 Å². The van der Waals surface area contributed by atoms with Crippen molar-refractivity contribution in [2.75, 3.05) is 39.9 Å². The number of carbonyl (C=O) groups is 1. The smallest absolute Gasteiger partial charge is 0.253 e. The molecule has 2 bridgehead atoms. The van der Waals surface area contributed by atoms with Crippen molar-refractivity contribution in [2.45, 2.75) is 50.2 Å². The predicted molar refractivity (Wildman–Crippen MR) is 185 cm³/mol. The molecule has 0 radical (unpaired) electrons. The number of phenolic OH excluding ortho intramolecular Hbond substituents is 1. The van der Waals surface area contributed by atoms with E-state index in [9.17, 15) is 20.3 Å². The summed E-state index contributed by atoms with van der Waals surface area (Å²) >= 11 is 0. The van der Waals surface area contributed by atoms with E-state index in [1.165, 1.54) is 0 Å². The Morgan fingerprint density at radius 2 is 2.10 bits per heavy atom. The summed E-state index contributed by atoms with van der Waals surface area (Å²) in [5.74, 6) is -0.387. The molecule has 2 aromatic heterocycles. The minimum Gasteiger partial charge on any atom is -0.508 e. The van der Waals surface area contributed by atoms with Gasteiger partial charge in [-0.1, -0.05) is 24.3 Å². The first kappa shape index (κ1) is 31.5. The van der Waals surface area contributed by atoms with Crippen LogP contribution in [0, 0.1) is 23.1 Å². The molecule has 5 heterocycles. The summed E-state index contributed by atoms with van der Waals surface area (Å²) in [7, 11) is 2.06. The van der Waals surface area contributed by atoms with Crippen molar-refractivity contribution in [1.29, 1.82) is 5.26 Å². The van der Waals surface area contributed by atoms with E-state index in [1.54, 1.807) is 12.1 Å². The fraction of sp³-hybridized carbons (Fsp3) is 0.395. The molecule has 1 saturated carbocycles. The molecule has 3 aromatic carbocycles. The van der Waals surface area contributed by atoms with Gasteiger partial charge in [-0.15, -0.1) is 0 Å². The number of hydrogen-bond donors (Lipinski definition) is 4. The van der Waals surface area contributed by atoms with Crippen molar-refractivity contribution < 1.29 is 24.1 Å². The van der Waals surface area contributed by atoms with Crippen LogP contribution in [0.3, 0.4) is 0 Å². The molecule has 4 aliphatic rings. The predicted octanol–water partition coefficient (Wildman–Crippen LogP) is 5.04. The molecular formula is C38H39FN6O4. The van der Waals surface area contributed by atoms with Crippen LogP contribution in [0.25, 0.3) is 43.7 Å². The van der Waals surface area contributed by atoms with Gasteiger partial charge in [-0.2, -0.15) is 5.26 Å². The quantitative estimate of drug-likeness (QED) is 0.164. The van der Waals surface area contributed by atoms with E-state index in [0.29, 0.717) is 45.5 Å². The lowest BCUT2D eigenvalue weighted by Crippen LogP contribution is -2.38. The maximum atomic E-state index is 17.5. The van der Waals surface area contributed by atoms with E-state index in [1.807, 2.05) is 36.5 Å². The Balaban J connectivity index is 1.43. The minimum atomic E-state index is -0.570. The zero-order valence-corrected chi connectivity index (χ0v) is 27.4. The molecule has 10 nitrogen and oxygen atoms in total. The van der Waals surface area contributed by atoms with Gasteiger partial charge in [-0.25, -0.2) is 9.37 Å². The highest BCUT2D eigenvalue weighted by atomic mass is 19.1. The number of carbonyl (C=O) groups excluding carboxylic acids is 1. The Hall–Kier alpha value is -4.76. The van der Waals surface area contributed by atoms with Crippen LogP contribution in [0.1, 0.15) is 47.6 Å². The zero-order chi connectivity index (χ0) is 33.8. The number of pyridine rings is 1. The Morgan fingerprint density at radius 1 is 1.24 bits per heavy atom. The van der Waals surface area contributed by atoms with Crippen molar-refractivity contribution >= 4 is 38.5 Å². The first-order valence-corrected chi connectivity index (χ1v) is 17.1. The van der Waals surface area contributed by atoms with Gasteiger partial charge in [-0.05, 0) is 85.3 Å². The number of amides is 1. The number of halogens is 1. The average Bonchev–Trinajstić information content (AvgIpc) is 3.91. The number of aryl methyl sites for hydroxylation is 1. The molecule has 5 aromatic rings. The van der Waals surface area contributed by atoms with Gasteiger partial charge >= 0.3 is 0 Å². The molecule has 3 saturated heterocycles. The number of likely N-dealkylation sites (tertiary alicyclic amines) is 1. The molecule has 3 aliphatic heterocycles. The number of phenols is 1. The van der Waals surface area contributed by atoms with Gasteiger partial charge in [0.2, 0.25) is 5.88 Å². The molecular weight excluding hydrogens is 623 g/mol. The van der Waals surface area contributed by atoms with Crippen LogP contribution in [0.4, 0.5) is 4.39 Å². The molecule has 49 heavy (non-hydrogen) atoms. The summed E-state index contributed by atoms with van der Waals surface area (Å²) in [5, 5.41) is 38.8. The number of ether oxygens (including phenoxy) is 1. The number of rotatable bonds is 10. The lowest BCUT2D eigenvalue weighted by molar-refractivity contribution is 0.0945. The van der Waals surface area contributed by atoms with Gasteiger partial charge in [0.05, 0.1) is 35.2 Å². The normalized spacial score (nSPS) is 21.8. The van der Waals surface area contributed by atoms with Gasteiger partial charge in [0.1, 0.15) is 17.9 Å². The van der Waals surface area contributed by atoms with E-state index in [0.717, 1.165) is 43.1 Å². The molecule has 252 valence electrons. The number of nitrogens with one attached hydrogen (secondary N) is 2. The molecule has 0 spiro atoms. The number of nitrogens with zero attached hydrogens (tertiary/aromatic N) is 4. The van der Waals surface area contributed by atoms with Crippen LogP contribution in [0.5, 0.6) is 11.6 Å². The van der Waals surface area contributed by atoms with Crippen LogP contribution in [-0.2, 0) is 6.42 Å². The van der Waals surface area contributed by atoms with Crippen molar-refractivity contribution in [3.05, 3.63) is 65.6 Å². The molecule has 11 heteroatoms. The molecule has 1 amide bonds. The highest BCUT2D eigenvalue weighted by Gasteiger charge is 2.48. The Labute approximate surface area is 283 Å². The van der Waals surface area contributed by atoms with Crippen LogP contribution >= 0.6 is 0 Å². The summed E-state index contributed by atoms with van der Waals surface area (Å²) in [6, 6.07) is 15.3. The topological polar surface area (TPSA) is 136 Å². The largest absolute Gasteiger partial charge is 0.508 e. The lowest BCUT2D eigenvalue weighted by Gasteiger charge is -2.36. The second-order valence-electron chi connectivity index (χ2n) is 13.7. The summed E-state index contributed by atoms with van der Waals surface area (Å²) < 4.78 is 26.1. The summed E-state index contributed by atoms with van der Waals surface area (Å²) in [4.78, 5) is 20.9. The highest BCUT2D eigenvalue weighted by molar-refractivity contribution is 6.17. The lowest BCUT2D eigenvalue weighted by atomic mass is 9.80. The number of aliphatic hydroxyl groups is 1. The van der Waals surface area contributed by atoms with E-state index in [4.69, 9.17) is 9.72 Å². The Morgan fingerprint density at radius 3 is 2.84 bits per heavy atom. The summed E-state index contributed by atoms with van der Waals surface area (Å²) in [6.07, 6.45) is 5.31. The molecule has 4 atom stereocenters. The maximum absolute atomic E-state index is 17.5. The van der Waals surface area contributed by atoms with Crippen LogP contribution < -0.4 is 15.4 Å². The number of benzene rings is 3. The minimum absolute atomic E-state index is 0.00733. The zero-order valence-electron chi connectivity index (χ0n) is 27.4. The summed E-state index contributed by atoms with van der Waals surface area (Å²) in [6.45, 7) is 2.02. The van der Waals surface area contributed by atoms with E-state index < -0.39 is 5.82 Å². The fourth-order valence-electron chi connectivity index (χ4n) is 8.35. The van der Waals surface area contributed by atoms with Gasteiger partial charge in [-0.3, -0.25) is 4.79 Å². The number of aliphatic hydroxyl groups excluding tert-OH is 1. The Kier molecular flexibility index (Phi) is 8.10. The van der Waals surface area contributed by atoms with Gasteiger partial charge < -0.3 is 35.1 Å². The highest BCUT2D eigenvalue weighted by Crippen LogP contribution is 2.49. The second-order valence-corrected chi connectivity index (χ2v) is 13.7. The van der Waals surface area contributed by atoms with Crippen molar-refractivity contribution in [1.82, 2.24) is 25.1 Å². The molecule has 9 rings (SSSR count). The van der Waals surface area contributed by atoms with Gasteiger partial charge in [0.25, 0.3) is 5.91 Å². The van der Waals surface area contributed by atoms with E-state index in [2.05, 4.69) is 33.2 Å². The third-order valence-electron chi connectivity index (χ3n) is 10.8. The third-order valence-corrected chi connectivity index (χ3v) is 10.8. The number of fused-ring (bicyclic) bond motifs is 5. The average molecular weight is 663 g/mol. The maximum Gasteiger partial charge on any atom is 0.253 e. The number of hydrogen-bond acceptors (Lipinski definition) is 8. The number of likely N-dealkylation sites (N-methyl/N-ethyl adjacent to an activating group) is 1. The SMILES string of the molecule is CN1CCC[C@H]1COc1nc2c(F)c(-c3cc(O)cc4ccccc34)c(CCC#N)cc2c2c1c(C(=O)NCCO)cn2C1C2CNC1C2. The number of aromatic nitrogens is 2. The van der Waals surface area contributed by atoms with Crippen LogP contribution in [0.15, 0.2) is 48.7 Å².